The van der Waals surface area contributed by atoms with Crippen LogP contribution in [0.2, 0.25) is 15.1 Å². The minimum atomic E-state index is -3.35. The second-order valence-corrected chi connectivity index (χ2v) is 8.50. The molecule has 0 aliphatic heterocycles. The fourth-order valence-electron chi connectivity index (χ4n) is 2.13. The standard InChI is InChI=1S/C16H16Cl3NO2S/c1-11(15-7-4-13(18)10-16(15)19)20-8-9-23(21,22)14-5-2-12(17)3-6-14/h2-7,10-11,20H,8-9H2,1H3. The van der Waals surface area contributed by atoms with E-state index in [4.69, 9.17) is 34.8 Å². The molecule has 23 heavy (non-hydrogen) atoms. The van der Waals surface area contributed by atoms with E-state index < -0.39 is 9.84 Å². The molecule has 0 heterocycles. The Morgan fingerprint density at radius 2 is 1.61 bits per heavy atom. The van der Waals surface area contributed by atoms with Crippen molar-refractivity contribution in [3.63, 3.8) is 0 Å². The maximum atomic E-state index is 12.2. The van der Waals surface area contributed by atoms with E-state index in [-0.39, 0.29) is 16.7 Å². The van der Waals surface area contributed by atoms with Gasteiger partial charge in [-0.3, -0.25) is 0 Å². The van der Waals surface area contributed by atoms with Crippen molar-refractivity contribution >= 4 is 44.6 Å². The normalized spacial score (nSPS) is 13.0. The lowest BCUT2D eigenvalue weighted by Gasteiger charge is -2.16. The Labute approximate surface area is 151 Å². The molecule has 0 spiro atoms. The van der Waals surface area contributed by atoms with E-state index >= 15 is 0 Å². The number of halogens is 3. The van der Waals surface area contributed by atoms with E-state index in [0.29, 0.717) is 21.6 Å². The predicted octanol–water partition coefficient (Wildman–Crippen LogP) is 4.77. The van der Waals surface area contributed by atoms with Crippen LogP contribution in [0.5, 0.6) is 0 Å². The molecular weight excluding hydrogens is 377 g/mol. The number of benzene rings is 2. The van der Waals surface area contributed by atoms with Crippen LogP contribution in [0.4, 0.5) is 0 Å². The maximum absolute atomic E-state index is 12.2. The van der Waals surface area contributed by atoms with Gasteiger partial charge >= 0.3 is 0 Å². The van der Waals surface area contributed by atoms with Gasteiger partial charge in [-0.15, -0.1) is 0 Å². The SMILES string of the molecule is CC(NCCS(=O)(=O)c1ccc(Cl)cc1)c1ccc(Cl)cc1Cl. The summed E-state index contributed by atoms with van der Waals surface area (Å²) in [6.45, 7) is 2.23. The molecule has 0 saturated heterocycles. The molecule has 2 aromatic carbocycles. The van der Waals surface area contributed by atoms with Crippen molar-refractivity contribution in [3.05, 3.63) is 63.1 Å². The van der Waals surface area contributed by atoms with Gasteiger partial charge in [-0.2, -0.15) is 0 Å². The summed E-state index contributed by atoms with van der Waals surface area (Å²) in [7, 11) is -3.35. The molecule has 3 nitrogen and oxygen atoms in total. The van der Waals surface area contributed by atoms with Gasteiger partial charge in [-0.1, -0.05) is 40.9 Å². The second kappa shape index (κ2) is 7.86. The molecule has 0 aromatic heterocycles. The highest BCUT2D eigenvalue weighted by Crippen LogP contribution is 2.26. The van der Waals surface area contributed by atoms with Crippen LogP contribution in [0, 0.1) is 0 Å². The topological polar surface area (TPSA) is 46.2 Å². The predicted molar refractivity (Wildman–Crippen MR) is 96.4 cm³/mol. The number of hydrogen-bond donors (Lipinski definition) is 1. The summed E-state index contributed by atoms with van der Waals surface area (Å²) in [4.78, 5) is 0.265. The molecule has 1 N–H and O–H groups in total. The van der Waals surface area contributed by atoms with Gasteiger partial charge in [0.1, 0.15) is 0 Å². The van der Waals surface area contributed by atoms with Crippen LogP contribution < -0.4 is 5.32 Å². The van der Waals surface area contributed by atoms with E-state index in [1.807, 2.05) is 13.0 Å². The lowest BCUT2D eigenvalue weighted by molar-refractivity contribution is 0.572. The highest BCUT2D eigenvalue weighted by atomic mass is 35.5. The van der Waals surface area contributed by atoms with Gasteiger partial charge < -0.3 is 5.32 Å². The summed E-state index contributed by atoms with van der Waals surface area (Å²) in [5, 5.41) is 4.79. The molecular formula is C16H16Cl3NO2S. The van der Waals surface area contributed by atoms with Gasteiger partial charge in [-0.25, -0.2) is 8.42 Å². The first-order valence-corrected chi connectivity index (χ1v) is 9.75. The van der Waals surface area contributed by atoms with E-state index in [0.717, 1.165) is 5.56 Å². The fourth-order valence-corrected chi connectivity index (χ4v) is 4.00. The zero-order valence-electron chi connectivity index (χ0n) is 12.4. The van der Waals surface area contributed by atoms with Crippen molar-refractivity contribution in [3.8, 4) is 0 Å². The summed E-state index contributed by atoms with van der Waals surface area (Å²) >= 11 is 17.8. The maximum Gasteiger partial charge on any atom is 0.179 e. The van der Waals surface area contributed by atoms with E-state index in [1.54, 1.807) is 24.3 Å². The average molecular weight is 393 g/mol. The summed E-state index contributed by atoms with van der Waals surface area (Å²) in [6.07, 6.45) is 0. The van der Waals surface area contributed by atoms with Crippen molar-refractivity contribution in [2.75, 3.05) is 12.3 Å². The smallest absolute Gasteiger partial charge is 0.179 e. The number of nitrogens with one attached hydrogen (secondary N) is 1. The number of hydrogen-bond acceptors (Lipinski definition) is 3. The van der Waals surface area contributed by atoms with Crippen LogP contribution in [0.25, 0.3) is 0 Å². The molecule has 0 aliphatic carbocycles. The Bertz CT molecular complexity index is 776. The fraction of sp³-hybridized carbons (Fsp3) is 0.250. The number of rotatable bonds is 6. The van der Waals surface area contributed by atoms with Crippen LogP contribution in [-0.2, 0) is 9.84 Å². The molecule has 7 heteroatoms. The van der Waals surface area contributed by atoms with E-state index in [9.17, 15) is 8.42 Å². The first-order valence-electron chi connectivity index (χ1n) is 6.96. The van der Waals surface area contributed by atoms with E-state index in [2.05, 4.69) is 5.32 Å². The van der Waals surface area contributed by atoms with Gasteiger partial charge in [0, 0.05) is 27.7 Å². The van der Waals surface area contributed by atoms with Gasteiger partial charge in [-0.05, 0) is 48.9 Å². The first-order chi connectivity index (χ1) is 10.8. The monoisotopic (exact) mass is 391 g/mol. The molecule has 1 unspecified atom stereocenters. The Hall–Kier alpha value is -0.780. The van der Waals surface area contributed by atoms with Crippen molar-refractivity contribution in [1.82, 2.24) is 5.32 Å². The van der Waals surface area contributed by atoms with E-state index in [1.165, 1.54) is 12.1 Å². The minimum absolute atomic E-state index is 0.00974. The Kier molecular flexibility index (Phi) is 6.34. The van der Waals surface area contributed by atoms with Crippen LogP contribution in [0.1, 0.15) is 18.5 Å². The third-order valence-corrected chi connectivity index (χ3v) is 5.97. The zero-order chi connectivity index (χ0) is 17.0. The first kappa shape index (κ1) is 18.6. The lowest BCUT2D eigenvalue weighted by Crippen LogP contribution is -2.26. The number of sulfone groups is 1. The average Bonchev–Trinajstić information content (AvgIpc) is 2.47. The van der Waals surface area contributed by atoms with Crippen LogP contribution in [0.15, 0.2) is 47.4 Å². The van der Waals surface area contributed by atoms with Crippen LogP contribution in [-0.4, -0.2) is 20.7 Å². The molecule has 2 aromatic rings. The third kappa shape index (κ3) is 5.10. The van der Waals surface area contributed by atoms with Crippen molar-refractivity contribution in [2.45, 2.75) is 17.9 Å². The van der Waals surface area contributed by atoms with Gasteiger partial charge in [0.2, 0.25) is 0 Å². The molecule has 2 rings (SSSR count). The molecule has 0 amide bonds. The Morgan fingerprint density at radius 3 is 2.22 bits per heavy atom. The van der Waals surface area contributed by atoms with Crippen molar-refractivity contribution in [2.24, 2.45) is 0 Å². The molecule has 0 bridgehead atoms. The van der Waals surface area contributed by atoms with Gasteiger partial charge in [0.25, 0.3) is 0 Å². The van der Waals surface area contributed by atoms with Crippen LogP contribution >= 0.6 is 34.8 Å². The van der Waals surface area contributed by atoms with Gasteiger partial charge in [0.05, 0.1) is 10.6 Å². The zero-order valence-corrected chi connectivity index (χ0v) is 15.5. The highest BCUT2D eigenvalue weighted by molar-refractivity contribution is 7.91. The third-order valence-electron chi connectivity index (χ3n) is 3.42. The van der Waals surface area contributed by atoms with Gasteiger partial charge in [0.15, 0.2) is 9.84 Å². The second-order valence-electron chi connectivity index (χ2n) is 5.11. The largest absolute Gasteiger partial charge is 0.309 e. The van der Waals surface area contributed by atoms with Crippen molar-refractivity contribution < 1.29 is 8.42 Å². The highest BCUT2D eigenvalue weighted by Gasteiger charge is 2.15. The molecule has 0 aliphatic rings. The summed E-state index contributed by atoms with van der Waals surface area (Å²) < 4.78 is 24.5. The molecule has 0 saturated carbocycles. The molecule has 1 atom stereocenters. The molecule has 0 radical (unpaired) electrons. The lowest BCUT2D eigenvalue weighted by atomic mass is 10.1. The summed E-state index contributed by atoms with van der Waals surface area (Å²) in [5.41, 5.74) is 0.875. The molecule has 124 valence electrons. The Balaban J connectivity index is 1.97. The van der Waals surface area contributed by atoms with Crippen LogP contribution in [0.3, 0.4) is 0 Å². The van der Waals surface area contributed by atoms with Crippen molar-refractivity contribution in [1.29, 1.82) is 0 Å². The quantitative estimate of drug-likeness (QED) is 0.770. The Morgan fingerprint density at radius 1 is 1.00 bits per heavy atom. The summed E-state index contributed by atoms with van der Waals surface area (Å²) in [5.74, 6) is -0.00974. The molecule has 0 fully saturated rings. The summed E-state index contributed by atoms with van der Waals surface area (Å²) in [6, 6.07) is 11.3. The minimum Gasteiger partial charge on any atom is -0.309 e.